The molecule has 0 amide bonds. The first-order chi connectivity index (χ1) is 16.9. The van der Waals surface area contributed by atoms with E-state index in [1.807, 2.05) is 0 Å². The molecule has 0 saturated heterocycles. The summed E-state index contributed by atoms with van der Waals surface area (Å²) in [6, 6.07) is 6.44. The third kappa shape index (κ3) is 5.93. The van der Waals surface area contributed by atoms with Crippen molar-refractivity contribution in [3.8, 4) is 0 Å². The van der Waals surface area contributed by atoms with E-state index in [0.29, 0.717) is 4.34 Å². The van der Waals surface area contributed by atoms with Gasteiger partial charge in [0.2, 0.25) is 0 Å². The molecule has 2 saturated carbocycles. The summed E-state index contributed by atoms with van der Waals surface area (Å²) in [6.45, 7) is 11.4. The molecule has 0 radical (unpaired) electrons. The quantitative estimate of drug-likeness (QED) is 0.327. The third-order valence-electron chi connectivity index (χ3n) is 8.30. The highest BCUT2D eigenvalue weighted by Gasteiger charge is 2.55. The summed E-state index contributed by atoms with van der Waals surface area (Å²) in [7, 11) is 0. The Morgan fingerprint density at radius 3 is 2.14 bits per heavy atom. The summed E-state index contributed by atoms with van der Waals surface area (Å²) in [5.74, 6) is -1.07. The third-order valence-corrected chi connectivity index (χ3v) is 10.0. The minimum absolute atomic E-state index is 0.0369. The zero-order valence-corrected chi connectivity index (χ0v) is 24.0. The Kier molecular flexibility index (Phi) is 8.11. The molecule has 2 fully saturated rings. The standard InChI is InChI=1S/C29H41NO4S2/c1-27(2,3)18-28(4,5)21-14-15-22-23(16-21)35-26(30-22)36-34-25(33)29(17-24(31)32,19-10-6-7-11-19)20-12-8-9-13-20/h14-16,19-20H,6-13,17-18H2,1-5H3,(H,31,32). The van der Waals surface area contributed by atoms with Gasteiger partial charge in [-0.05, 0) is 72.5 Å². The molecule has 0 unspecified atom stereocenters. The molecular formula is C29H41NO4S2. The number of aliphatic carboxylic acids is 1. The second kappa shape index (κ2) is 10.6. The Hall–Kier alpha value is -1.60. The first-order valence-corrected chi connectivity index (χ1v) is 15.0. The zero-order chi connectivity index (χ0) is 26.1. The summed E-state index contributed by atoms with van der Waals surface area (Å²) < 4.78 is 7.64. The van der Waals surface area contributed by atoms with Gasteiger partial charge in [0.1, 0.15) is 12.0 Å². The number of thiazole rings is 1. The number of carboxylic acids is 1. The summed E-state index contributed by atoms with van der Waals surface area (Å²) in [4.78, 5) is 30.5. The fraction of sp³-hybridized carbons (Fsp3) is 0.690. The Morgan fingerprint density at radius 1 is 1.03 bits per heavy atom. The fourth-order valence-corrected chi connectivity index (χ4v) is 8.78. The van der Waals surface area contributed by atoms with Crippen LogP contribution in [0.5, 0.6) is 0 Å². The summed E-state index contributed by atoms with van der Waals surface area (Å²) >= 11 is 2.55. The Bertz CT molecular complexity index is 1070. The highest BCUT2D eigenvalue weighted by molar-refractivity contribution is 7.97. The number of benzene rings is 1. The van der Waals surface area contributed by atoms with Gasteiger partial charge in [-0.3, -0.25) is 9.59 Å². The number of hydrogen-bond donors (Lipinski definition) is 1. The molecule has 1 heterocycles. The predicted octanol–water partition coefficient (Wildman–Crippen LogP) is 8.40. The molecule has 0 aliphatic heterocycles. The van der Waals surface area contributed by atoms with Gasteiger partial charge in [-0.2, -0.15) is 0 Å². The van der Waals surface area contributed by atoms with Gasteiger partial charge in [0.15, 0.2) is 4.34 Å². The Labute approximate surface area is 224 Å². The van der Waals surface area contributed by atoms with Crippen molar-refractivity contribution in [1.82, 2.24) is 4.98 Å². The van der Waals surface area contributed by atoms with Gasteiger partial charge in [-0.1, -0.05) is 66.4 Å². The van der Waals surface area contributed by atoms with Crippen molar-refractivity contribution in [2.45, 2.75) is 109 Å². The number of aromatic nitrogens is 1. The molecule has 2 aliphatic carbocycles. The van der Waals surface area contributed by atoms with Gasteiger partial charge in [0, 0.05) is 0 Å². The van der Waals surface area contributed by atoms with Crippen LogP contribution >= 0.6 is 23.4 Å². The van der Waals surface area contributed by atoms with Crippen LogP contribution in [0, 0.1) is 22.7 Å². The normalized spacial score (nSPS) is 18.2. The molecule has 0 spiro atoms. The van der Waals surface area contributed by atoms with Crippen LogP contribution in [0.15, 0.2) is 22.5 Å². The number of rotatable bonds is 9. The van der Waals surface area contributed by atoms with Gasteiger partial charge in [-0.25, -0.2) is 4.98 Å². The van der Waals surface area contributed by atoms with Crippen LogP contribution in [0.1, 0.15) is 104 Å². The van der Waals surface area contributed by atoms with E-state index in [2.05, 4.69) is 52.8 Å². The van der Waals surface area contributed by atoms with E-state index in [-0.39, 0.29) is 35.1 Å². The monoisotopic (exact) mass is 531 g/mol. The SMILES string of the molecule is CC(C)(C)CC(C)(C)c1ccc2nc(SOC(=O)C(CC(=O)O)(C3CCCC3)C3CCCC3)sc2c1. The molecule has 2 aliphatic rings. The van der Waals surface area contributed by atoms with Gasteiger partial charge in [0.25, 0.3) is 0 Å². The van der Waals surface area contributed by atoms with Crippen molar-refractivity contribution in [3.05, 3.63) is 23.8 Å². The minimum Gasteiger partial charge on any atom is -0.481 e. The fourth-order valence-electron chi connectivity index (χ4n) is 7.10. The molecule has 1 aromatic heterocycles. The molecule has 0 bridgehead atoms. The first-order valence-electron chi connectivity index (χ1n) is 13.4. The second-order valence-electron chi connectivity index (χ2n) is 12.8. The average Bonchev–Trinajstić information content (AvgIpc) is 3.55. The summed E-state index contributed by atoms with van der Waals surface area (Å²) in [5.41, 5.74) is 1.52. The highest BCUT2D eigenvalue weighted by Crippen LogP contribution is 2.54. The molecule has 5 nitrogen and oxygen atoms in total. The van der Waals surface area contributed by atoms with Crippen LogP contribution < -0.4 is 0 Å². The van der Waals surface area contributed by atoms with Crippen molar-refractivity contribution < 1.29 is 18.9 Å². The van der Waals surface area contributed by atoms with Gasteiger partial charge in [-0.15, -0.1) is 11.3 Å². The molecule has 7 heteroatoms. The number of hydrogen-bond acceptors (Lipinski definition) is 6. The Morgan fingerprint density at radius 2 is 1.61 bits per heavy atom. The molecule has 0 atom stereocenters. The number of nitrogens with zero attached hydrogens (tertiary/aromatic N) is 1. The number of carbonyl (C=O) groups excluding carboxylic acids is 1. The van der Waals surface area contributed by atoms with E-state index >= 15 is 0 Å². The number of fused-ring (bicyclic) bond motifs is 1. The van der Waals surface area contributed by atoms with E-state index in [1.54, 1.807) is 0 Å². The van der Waals surface area contributed by atoms with Gasteiger partial charge in [0.05, 0.1) is 22.1 Å². The summed E-state index contributed by atoms with van der Waals surface area (Å²) in [6.07, 6.45) is 8.84. The maximum absolute atomic E-state index is 13.8. The van der Waals surface area contributed by atoms with Crippen molar-refractivity contribution in [2.24, 2.45) is 22.7 Å². The van der Waals surface area contributed by atoms with E-state index in [4.69, 9.17) is 9.17 Å². The topological polar surface area (TPSA) is 76.5 Å². The van der Waals surface area contributed by atoms with E-state index in [9.17, 15) is 14.7 Å². The highest BCUT2D eigenvalue weighted by atomic mass is 32.2. The molecule has 1 N–H and O–H groups in total. The van der Waals surface area contributed by atoms with Crippen LogP contribution in [0.2, 0.25) is 0 Å². The molecule has 36 heavy (non-hydrogen) atoms. The Balaban J connectivity index is 1.55. The van der Waals surface area contributed by atoms with E-state index in [1.165, 1.54) is 16.9 Å². The molecule has 2 aromatic rings. The lowest BCUT2D eigenvalue weighted by Gasteiger charge is -2.40. The van der Waals surface area contributed by atoms with Crippen molar-refractivity contribution in [2.75, 3.05) is 0 Å². The smallest absolute Gasteiger partial charge is 0.325 e. The van der Waals surface area contributed by atoms with Crippen LogP contribution in [-0.2, 0) is 19.2 Å². The average molecular weight is 532 g/mol. The van der Waals surface area contributed by atoms with Crippen LogP contribution in [0.25, 0.3) is 10.2 Å². The first kappa shape index (κ1) is 27.4. The molecular weight excluding hydrogens is 490 g/mol. The molecule has 4 rings (SSSR count). The van der Waals surface area contributed by atoms with Gasteiger partial charge >= 0.3 is 11.9 Å². The van der Waals surface area contributed by atoms with Gasteiger partial charge < -0.3 is 9.29 Å². The van der Waals surface area contributed by atoms with Crippen molar-refractivity contribution in [3.63, 3.8) is 0 Å². The zero-order valence-electron chi connectivity index (χ0n) is 22.4. The van der Waals surface area contributed by atoms with E-state index < -0.39 is 11.4 Å². The van der Waals surface area contributed by atoms with Crippen LogP contribution in [0.4, 0.5) is 0 Å². The van der Waals surface area contributed by atoms with Crippen LogP contribution in [-0.4, -0.2) is 22.0 Å². The largest absolute Gasteiger partial charge is 0.481 e. The maximum Gasteiger partial charge on any atom is 0.325 e. The lowest BCUT2D eigenvalue weighted by molar-refractivity contribution is -0.161. The van der Waals surface area contributed by atoms with Crippen molar-refractivity contribution in [1.29, 1.82) is 0 Å². The minimum atomic E-state index is -0.924. The summed E-state index contributed by atoms with van der Waals surface area (Å²) in [5, 5.41) is 9.84. The maximum atomic E-state index is 13.8. The molecule has 1 aromatic carbocycles. The second-order valence-corrected chi connectivity index (χ2v) is 14.8. The molecule has 198 valence electrons. The van der Waals surface area contributed by atoms with Crippen molar-refractivity contribution >= 4 is 45.5 Å². The predicted molar refractivity (Wildman–Crippen MR) is 147 cm³/mol. The lowest BCUT2D eigenvalue weighted by atomic mass is 9.63. The number of carbonyl (C=O) groups is 2. The van der Waals surface area contributed by atoms with Crippen LogP contribution in [0.3, 0.4) is 0 Å². The number of carboxylic acid groups (broad SMARTS) is 1. The lowest BCUT2D eigenvalue weighted by Crippen LogP contribution is -2.45. The van der Waals surface area contributed by atoms with E-state index in [0.717, 1.165) is 80.0 Å².